The van der Waals surface area contributed by atoms with Crippen LogP contribution in [0.3, 0.4) is 0 Å². The van der Waals surface area contributed by atoms with Crippen LogP contribution in [0.15, 0.2) is 30.3 Å². The van der Waals surface area contributed by atoms with Crippen LogP contribution in [-0.4, -0.2) is 17.7 Å². The monoisotopic (exact) mass is 248 g/mol. The first-order valence-corrected chi connectivity index (χ1v) is 6.01. The van der Waals surface area contributed by atoms with E-state index < -0.39 is 5.97 Å². The van der Waals surface area contributed by atoms with Crippen LogP contribution in [-0.2, 0) is 4.79 Å². The number of hydrogen-bond acceptors (Lipinski definition) is 2. The van der Waals surface area contributed by atoms with Crippen molar-refractivity contribution in [1.82, 2.24) is 0 Å². The van der Waals surface area contributed by atoms with Crippen LogP contribution in [0.4, 0.5) is 0 Å². The number of carbonyl (C=O) groups is 1. The van der Waals surface area contributed by atoms with Gasteiger partial charge in [-0.05, 0) is 35.6 Å². The maximum atomic E-state index is 10.4. The Morgan fingerprint density at radius 3 is 2.72 bits per heavy atom. The van der Waals surface area contributed by atoms with Crippen molar-refractivity contribution in [3.05, 3.63) is 35.9 Å². The topological polar surface area (TPSA) is 46.5 Å². The summed E-state index contributed by atoms with van der Waals surface area (Å²) in [6.45, 7) is 7.17. The van der Waals surface area contributed by atoms with Crippen LogP contribution >= 0.6 is 0 Å². The Kier molecular flexibility index (Phi) is 4.95. The Morgan fingerprint density at radius 2 is 2.11 bits per heavy atom. The zero-order valence-electron chi connectivity index (χ0n) is 11.1. The molecule has 3 nitrogen and oxygen atoms in total. The molecule has 1 aromatic carbocycles. The van der Waals surface area contributed by atoms with Gasteiger partial charge in [0.25, 0.3) is 0 Å². The van der Waals surface area contributed by atoms with E-state index in [0.29, 0.717) is 6.61 Å². The number of ether oxygens (including phenoxy) is 1. The van der Waals surface area contributed by atoms with Gasteiger partial charge in [-0.2, -0.15) is 0 Å². The zero-order chi connectivity index (χ0) is 13.6. The van der Waals surface area contributed by atoms with Gasteiger partial charge >= 0.3 is 5.97 Å². The maximum Gasteiger partial charge on any atom is 0.328 e. The second-order valence-electron chi connectivity index (χ2n) is 5.40. The second-order valence-corrected chi connectivity index (χ2v) is 5.40. The van der Waals surface area contributed by atoms with Gasteiger partial charge in [0.05, 0.1) is 6.61 Å². The van der Waals surface area contributed by atoms with E-state index >= 15 is 0 Å². The fourth-order valence-electron chi connectivity index (χ4n) is 1.35. The molecule has 0 saturated carbocycles. The summed E-state index contributed by atoms with van der Waals surface area (Å²) < 4.78 is 5.65. The highest BCUT2D eigenvalue weighted by Crippen LogP contribution is 2.20. The Morgan fingerprint density at radius 1 is 1.39 bits per heavy atom. The predicted molar refractivity (Wildman–Crippen MR) is 72.7 cm³/mol. The summed E-state index contributed by atoms with van der Waals surface area (Å²) in [7, 11) is 0. The molecule has 18 heavy (non-hydrogen) atoms. The molecule has 0 aliphatic rings. The molecule has 0 unspecified atom stereocenters. The first-order chi connectivity index (χ1) is 8.37. The average molecular weight is 248 g/mol. The molecule has 1 N–H and O–H groups in total. The molecule has 0 fully saturated rings. The van der Waals surface area contributed by atoms with Gasteiger partial charge in [-0.25, -0.2) is 4.79 Å². The lowest BCUT2D eigenvalue weighted by molar-refractivity contribution is -0.131. The molecule has 0 amide bonds. The third-order valence-electron chi connectivity index (χ3n) is 2.40. The smallest absolute Gasteiger partial charge is 0.328 e. The highest BCUT2D eigenvalue weighted by Gasteiger charge is 2.09. The fraction of sp³-hybridized carbons (Fsp3) is 0.400. The quantitative estimate of drug-likeness (QED) is 0.810. The van der Waals surface area contributed by atoms with Crippen LogP contribution in [0.25, 0.3) is 6.08 Å². The SMILES string of the molecule is CC(C)(C)CCOc1cccc(/C=C/C(=O)O)c1. The zero-order valence-corrected chi connectivity index (χ0v) is 11.1. The van der Waals surface area contributed by atoms with Crippen molar-refractivity contribution in [2.24, 2.45) is 5.41 Å². The number of carboxylic acid groups (broad SMARTS) is 1. The van der Waals surface area contributed by atoms with Gasteiger partial charge in [-0.1, -0.05) is 32.9 Å². The maximum absolute atomic E-state index is 10.4. The van der Waals surface area contributed by atoms with E-state index in [2.05, 4.69) is 20.8 Å². The van der Waals surface area contributed by atoms with Crippen molar-refractivity contribution in [2.45, 2.75) is 27.2 Å². The van der Waals surface area contributed by atoms with Crippen LogP contribution in [0.5, 0.6) is 5.75 Å². The van der Waals surface area contributed by atoms with Crippen LogP contribution < -0.4 is 4.74 Å². The van der Waals surface area contributed by atoms with E-state index in [9.17, 15) is 4.79 Å². The summed E-state index contributed by atoms with van der Waals surface area (Å²) in [5.41, 5.74) is 1.08. The van der Waals surface area contributed by atoms with Crippen molar-refractivity contribution in [3.8, 4) is 5.75 Å². The average Bonchev–Trinajstić information content (AvgIpc) is 2.25. The van der Waals surface area contributed by atoms with Crippen molar-refractivity contribution in [3.63, 3.8) is 0 Å². The minimum atomic E-state index is -0.950. The molecular formula is C15H20O3. The van der Waals surface area contributed by atoms with Gasteiger partial charge in [0.2, 0.25) is 0 Å². The van der Waals surface area contributed by atoms with Gasteiger partial charge in [-0.15, -0.1) is 0 Å². The third kappa shape index (κ3) is 6.09. The summed E-state index contributed by atoms with van der Waals surface area (Å²) in [4.78, 5) is 10.4. The van der Waals surface area contributed by atoms with Gasteiger partial charge < -0.3 is 9.84 Å². The highest BCUT2D eigenvalue weighted by molar-refractivity contribution is 5.85. The molecule has 0 atom stereocenters. The molecule has 3 heteroatoms. The highest BCUT2D eigenvalue weighted by atomic mass is 16.5. The molecule has 0 aliphatic heterocycles. The van der Waals surface area contributed by atoms with Crippen molar-refractivity contribution in [2.75, 3.05) is 6.61 Å². The fourth-order valence-corrected chi connectivity index (χ4v) is 1.35. The lowest BCUT2D eigenvalue weighted by Gasteiger charge is -2.18. The largest absolute Gasteiger partial charge is 0.494 e. The molecule has 1 rings (SSSR count). The number of hydrogen-bond donors (Lipinski definition) is 1. The number of benzene rings is 1. The molecule has 0 aliphatic carbocycles. The van der Waals surface area contributed by atoms with Crippen LogP contribution in [0, 0.1) is 5.41 Å². The summed E-state index contributed by atoms with van der Waals surface area (Å²) in [6, 6.07) is 7.41. The minimum absolute atomic E-state index is 0.251. The van der Waals surface area contributed by atoms with E-state index in [1.54, 1.807) is 6.08 Å². The van der Waals surface area contributed by atoms with E-state index in [0.717, 1.165) is 23.8 Å². The molecule has 0 heterocycles. The molecule has 0 aromatic heterocycles. The van der Waals surface area contributed by atoms with E-state index in [1.165, 1.54) is 0 Å². The molecule has 0 saturated heterocycles. The first kappa shape index (κ1) is 14.3. The summed E-state index contributed by atoms with van der Waals surface area (Å²) in [5, 5.41) is 8.56. The molecule has 0 bridgehead atoms. The summed E-state index contributed by atoms with van der Waals surface area (Å²) in [6.07, 6.45) is 3.65. The lowest BCUT2D eigenvalue weighted by atomic mass is 9.93. The van der Waals surface area contributed by atoms with Gasteiger partial charge in [0, 0.05) is 6.08 Å². The molecule has 1 aromatic rings. The number of aliphatic carboxylic acids is 1. The van der Waals surface area contributed by atoms with Gasteiger partial charge in [-0.3, -0.25) is 0 Å². The predicted octanol–water partition coefficient (Wildman–Crippen LogP) is 3.60. The molecule has 98 valence electrons. The van der Waals surface area contributed by atoms with E-state index in [-0.39, 0.29) is 5.41 Å². The molecule has 0 spiro atoms. The number of rotatable bonds is 5. The van der Waals surface area contributed by atoms with Crippen molar-refractivity contribution >= 4 is 12.0 Å². The van der Waals surface area contributed by atoms with Crippen LogP contribution in [0.2, 0.25) is 0 Å². The first-order valence-electron chi connectivity index (χ1n) is 6.01. The summed E-state index contributed by atoms with van der Waals surface area (Å²) >= 11 is 0. The van der Waals surface area contributed by atoms with Gasteiger partial charge in [0.15, 0.2) is 0 Å². The lowest BCUT2D eigenvalue weighted by Crippen LogP contribution is -2.11. The minimum Gasteiger partial charge on any atom is -0.494 e. The second kappa shape index (κ2) is 6.24. The Balaban J connectivity index is 2.57. The number of carboxylic acids is 1. The van der Waals surface area contributed by atoms with Gasteiger partial charge in [0.1, 0.15) is 5.75 Å². The molecular weight excluding hydrogens is 228 g/mol. The van der Waals surface area contributed by atoms with Crippen molar-refractivity contribution in [1.29, 1.82) is 0 Å². The van der Waals surface area contributed by atoms with Crippen molar-refractivity contribution < 1.29 is 14.6 Å². The summed E-state index contributed by atoms with van der Waals surface area (Å²) in [5.74, 6) is -0.180. The standard InChI is InChI=1S/C15H20O3/c1-15(2,3)9-10-18-13-6-4-5-12(11-13)7-8-14(16)17/h4-8,11H,9-10H2,1-3H3,(H,16,17)/b8-7+. The van der Waals surface area contributed by atoms with E-state index in [1.807, 2.05) is 24.3 Å². The molecule has 0 radical (unpaired) electrons. The Labute approximate surface area is 108 Å². The third-order valence-corrected chi connectivity index (χ3v) is 2.40. The Bertz CT molecular complexity index is 428. The van der Waals surface area contributed by atoms with Crippen LogP contribution in [0.1, 0.15) is 32.8 Å². The normalized spacial score (nSPS) is 11.7. The Hall–Kier alpha value is -1.77. The van der Waals surface area contributed by atoms with E-state index in [4.69, 9.17) is 9.84 Å².